The minimum absolute atomic E-state index is 0.0368. The summed E-state index contributed by atoms with van der Waals surface area (Å²) in [6, 6.07) is 0. The van der Waals surface area contributed by atoms with E-state index in [1.807, 2.05) is 20.8 Å². The Hall–Kier alpha value is 0.779. The Labute approximate surface area is 284 Å². The Balaban J connectivity index is -0.000000216. The van der Waals surface area contributed by atoms with Gasteiger partial charge in [0.25, 0.3) is 0 Å². The number of unbranched alkanes of at least 4 members (excludes halogenated alkanes) is 1. The standard InChI is InChI=1S/C7H13O2.3C6H12O2S2.Sn/c1-3-5-6-9-7(8)4-2;3*1-2-10-4-3-5(9)6(7)8;/h2-6H2,1H3;3*5,9H,2-4H2,1H3,(H,7,8);/q;;;;+3/p-3. The fraction of sp³-hybridized carbons (Fsp3) is 0.840. The number of thiol groups is 3. The number of esters is 1. The van der Waals surface area contributed by atoms with Crippen molar-refractivity contribution in [2.45, 2.75) is 86.4 Å². The third-order valence-electron chi connectivity index (χ3n) is 4.13. The van der Waals surface area contributed by atoms with Gasteiger partial charge in [-0.2, -0.15) is 73.2 Å². The number of thioether (sulfide) groups is 3. The van der Waals surface area contributed by atoms with Crippen molar-refractivity contribution in [3.05, 3.63) is 0 Å². The van der Waals surface area contributed by atoms with Crippen molar-refractivity contribution >= 4 is 120 Å². The molecule has 0 aliphatic carbocycles. The molecule has 0 rings (SSSR count). The van der Waals surface area contributed by atoms with Crippen molar-refractivity contribution in [2.75, 3.05) is 41.1 Å². The molecule has 3 unspecified atom stereocenters. The maximum absolute atomic E-state index is 10.7. The van der Waals surface area contributed by atoms with E-state index in [1.54, 1.807) is 35.3 Å². The minimum atomic E-state index is -1.07. The second-order valence-corrected chi connectivity index (χ2v) is 15.0. The van der Waals surface area contributed by atoms with Gasteiger partial charge in [-0.1, -0.05) is 20.8 Å². The second-order valence-electron chi connectivity index (χ2n) is 7.54. The average molecular weight is 786 g/mol. The molecule has 3 atom stereocenters. The summed E-state index contributed by atoms with van der Waals surface area (Å²) in [7, 11) is 0. The number of ether oxygens (including phenoxy) is 1. The van der Waals surface area contributed by atoms with Crippen molar-refractivity contribution in [3.8, 4) is 0 Å². The van der Waals surface area contributed by atoms with Crippen LogP contribution in [0.4, 0.5) is 0 Å². The molecule has 0 aliphatic heterocycles. The summed E-state index contributed by atoms with van der Waals surface area (Å²) in [5.74, 6) is 2.36. The first-order valence-corrected chi connectivity index (χ1v) is 20.1. The number of carbonyl (C=O) groups excluding carboxylic acids is 4. The summed E-state index contributed by atoms with van der Waals surface area (Å²) in [6.45, 7) is 8.80. The van der Waals surface area contributed by atoms with Crippen LogP contribution in [0, 0.1) is 0 Å². The van der Waals surface area contributed by atoms with Crippen LogP contribution in [0.2, 0.25) is 4.44 Å². The molecular formula is C25H46O8S6Sn. The molecule has 15 heteroatoms. The summed E-state index contributed by atoms with van der Waals surface area (Å²) in [5.41, 5.74) is 0. The van der Waals surface area contributed by atoms with Gasteiger partial charge in [0.15, 0.2) is 0 Å². The molecule has 0 amide bonds. The summed E-state index contributed by atoms with van der Waals surface area (Å²) < 4.78 is 5.87. The first-order valence-electron chi connectivity index (χ1n) is 13.1. The summed E-state index contributed by atoms with van der Waals surface area (Å²) >= 11 is 18.0. The van der Waals surface area contributed by atoms with Crippen molar-refractivity contribution < 1.29 is 39.2 Å². The van der Waals surface area contributed by atoms with Crippen molar-refractivity contribution in [1.29, 1.82) is 0 Å². The maximum atomic E-state index is 10.7. The number of rotatable bonds is 20. The van der Waals surface area contributed by atoms with Crippen LogP contribution < -0.4 is 15.3 Å². The molecule has 0 radical (unpaired) electrons. The zero-order valence-electron chi connectivity index (χ0n) is 24.0. The van der Waals surface area contributed by atoms with Gasteiger partial charge in [-0.15, -0.1) is 0 Å². The Morgan fingerprint density at radius 3 is 1.25 bits per heavy atom. The van der Waals surface area contributed by atoms with Gasteiger partial charge in [-0.3, -0.25) is 0 Å². The van der Waals surface area contributed by atoms with Crippen LogP contribution in [-0.4, -0.2) is 103 Å². The van der Waals surface area contributed by atoms with Gasteiger partial charge < -0.3 is 29.7 Å². The van der Waals surface area contributed by atoms with Crippen LogP contribution in [0.25, 0.3) is 0 Å². The third-order valence-corrected chi connectivity index (χ3v) is 9.04. The van der Waals surface area contributed by atoms with Gasteiger partial charge in [0.05, 0.1) is 17.9 Å². The van der Waals surface area contributed by atoms with Crippen LogP contribution in [0.3, 0.4) is 0 Å². The molecule has 0 heterocycles. The first-order chi connectivity index (χ1) is 18.9. The molecule has 0 aromatic carbocycles. The molecular weight excluding hydrogens is 739 g/mol. The van der Waals surface area contributed by atoms with Gasteiger partial charge in [-0.25, -0.2) is 0 Å². The fourth-order valence-electron chi connectivity index (χ4n) is 1.88. The predicted octanol–water partition coefficient (Wildman–Crippen LogP) is 1.84. The maximum Gasteiger partial charge on any atom is 0.0542 e. The van der Waals surface area contributed by atoms with Gasteiger partial charge in [0, 0.05) is 15.7 Å². The first kappa shape index (κ1) is 47.7. The second kappa shape index (κ2) is 37.8. The molecule has 0 bridgehead atoms. The SMILES string of the molecule is CCCCOC(=O)C[CH2][Sn+3].CCSCCC(S)C(=O)[O-].CCSCCC(S)C(=O)[O-].CCSCCC(S)C(=O)[O-]. The molecule has 0 fully saturated rings. The fourth-order valence-corrected chi connectivity index (χ4v) is 5.44. The number of carboxylic acids is 3. The monoisotopic (exact) mass is 786 g/mol. The molecule has 0 spiro atoms. The van der Waals surface area contributed by atoms with Crippen LogP contribution in [0.1, 0.15) is 66.2 Å². The molecule has 0 saturated carbocycles. The van der Waals surface area contributed by atoms with Crippen molar-refractivity contribution in [3.63, 3.8) is 0 Å². The number of hydrogen-bond donors (Lipinski definition) is 3. The summed E-state index contributed by atoms with van der Waals surface area (Å²) in [4.78, 5) is 41.0. The van der Waals surface area contributed by atoms with Crippen LogP contribution in [0.15, 0.2) is 0 Å². The molecule has 0 aliphatic rings. The topological polar surface area (TPSA) is 147 Å². The number of aliphatic carboxylic acids is 3. The van der Waals surface area contributed by atoms with Gasteiger partial charge in [0.2, 0.25) is 0 Å². The average Bonchev–Trinajstić information content (AvgIpc) is 2.90. The minimum Gasteiger partial charge on any atom is -0.549 e. The quantitative estimate of drug-likeness (QED) is 0.0720. The molecule has 0 N–H and O–H groups in total. The zero-order chi connectivity index (χ0) is 31.8. The van der Waals surface area contributed by atoms with E-state index in [4.69, 9.17) is 4.74 Å². The van der Waals surface area contributed by atoms with Gasteiger partial charge >= 0.3 is 75.3 Å². The van der Waals surface area contributed by atoms with Crippen molar-refractivity contribution in [1.82, 2.24) is 0 Å². The van der Waals surface area contributed by atoms with E-state index in [2.05, 4.69) is 44.8 Å². The molecule has 40 heavy (non-hydrogen) atoms. The largest absolute Gasteiger partial charge is 0.549 e. The third kappa shape index (κ3) is 43.2. The smallest absolute Gasteiger partial charge is 0.0542 e. The van der Waals surface area contributed by atoms with E-state index in [9.17, 15) is 34.5 Å². The summed E-state index contributed by atoms with van der Waals surface area (Å²) in [6.07, 6.45) is 4.44. The normalized spacial score (nSPS) is 12.1. The van der Waals surface area contributed by atoms with E-state index in [0.717, 1.165) is 51.8 Å². The van der Waals surface area contributed by atoms with Gasteiger partial charge in [0.1, 0.15) is 0 Å². The van der Waals surface area contributed by atoms with Crippen LogP contribution in [0.5, 0.6) is 0 Å². The molecule has 0 aromatic heterocycles. The van der Waals surface area contributed by atoms with E-state index in [-0.39, 0.29) is 5.97 Å². The van der Waals surface area contributed by atoms with Gasteiger partial charge in [-0.05, 0) is 53.8 Å². The number of hydrogen-bond acceptors (Lipinski definition) is 14. The van der Waals surface area contributed by atoms with Crippen LogP contribution in [-0.2, 0) is 23.9 Å². The van der Waals surface area contributed by atoms with Crippen LogP contribution >= 0.6 is 73.2 Å². The van der Waals surface area contributed by atoms with E-state index >= 15 is 0 Å². The Bertz CT molecular complexity index is 558. The Morgan fingerprint density at radius 2 is 1.02 bits per heavy atom. The van der Waals surface area contributed by atoms with E-state index in [1.165, 1.54) is 22.5 Å². The number of carbonyl (C=O) groups is 4. The van der Waals surface area contributed by atoms with Crippen molar-refractivity contribution in [2.24, 2.45) is 0 Å². The number of carboxylic acid groups (broad SMARTS) is 3. The molecule has 234 valence electrons. The van der Waals surface area contributed by atoms with E-state index in [0.29, 0.717) is 32.3 Å². The Morgan fingerprint density at radius 1 is 0.700 bits per heavy atom. The predicted molar refractivity (Wildman–Crippen MR) is 177 cm³/mol. The molecule has 0 saturated heterocycles. The van der Waals surface area contributed by atoms with E-state index < -0.39 is 33.7 Å². The Kier molecular flexibility index (Phi) is 45.1. The molecule has 0 aromatic rings. The zero-order valence-corrected chi connectivity index (χ0v) is 32.0. The summed E-state index contributed by atoms with van der Waals surface area (Å²) in [5, 5.41) is 28.5. The molecule has 8 nitrogen and oxygen atoms in total.